The van der Waals surface area contributed by atoms with E-state index in [0.717, 1.165) is 6.07 Å². The van der Waals surface area contributed by atoms with Gasteiger partial charge in [0.15, 0.2) is 5.78 Å². The Morgan fingerprint density at radius 2 is 1.79 bits per heavy atom. The second-order valence-corrected chi connectivity index (χ2v) is 5.51. The molecule has 3 nitrogen and oxygen atoms in total. The molecule has 1 N–H and O–H groups in total. The topological polar surface area (TPSA) is 46.2 Å². The standard InChI is InChI=1S/C13H14ClF2NO2/c1-13(2,3)11(18)6-17-12(19)7-4-10(16)8(14)5-9(7)15/h4-5H,6H2,1-3H3,(H,17,19). The molecule has 1 aromatic rings. The van der Waals surface area contributed by atoms with E-state index >= 15 is 0 Å². The summed E-state index contributed by atoms with van der Waals surface area (Å²) in [5, 5.41) is 1.85. The third-order valence-corrected chi connectivity index (χ3v) is 2.79. The number of carbonyl (C=O) groups is 2. The lowest BCUT2D eigenvalue weighted by Gasteiger charge is -2.16. The van der Waals surface area contributed by atoms with Crippen molar-refractivity contribution in [2.45, 2.75) is 20.8 Å². The maximum Gasteiger partial charge on any atom is 0.254 e. The van der Waals surface area contributed by atoms with E-state index in [-0.39, 0.29) is 12.3 Å². The Kier molecular flexibility index (Phi) is 4.63. The van der Waals surface area contributed by atoms with E-state index < -0.39 is 33.5 Å². The van der Waals surface area contributed by atoms with Crippen LogP contribution in [0.4, 0.5) is 8.78 Å². The van der Waals surface area contributed by atoms with Crippen molar-refractivity contribution in [2.24, 2.45) is 5.41 Å². The van der Waals surface area contributed by atoms with E-state index in [1.54, 1.807) is 20.8 Å². The van der Waals surface area contributed by atoms with Crippen molar-refractivity contribution in [1.29, 1.82) is 0 Å². The van der Waals surface area contributed by atoms with Crippen molar-refractivity contribution in [1.82, 2.24) is 5.32 Å². The molecule has 1 amide bonds. The quantitative estimate of drug-likeness (QED) is 0.870. The number of amides is 1. The summed E-state index contributed by atoms with van der Waals surface area (Å²) in [5.41, 5.74) is -1.10. The minimum Gasteiger partial charge on any atom is -0.345 e. The van der Waals surface area contributed by atoms with Crippen LogP contribution in [-0.4, -0.2) is 18.2 Å². The first kappa shape index (κ1) is 15.6. The van der Waals surface area contributed by atoms with Crippen molar-refractivity contribution in [3.63, 3.8) is 0 Å². The van der Waals surface area contributed by atoms with Gasteiger partial charge in [-0.15, -0.1) is 0 Å². The number of nitrogens with one attached hydrogen (secondary N) is 1. The average Bonchev–Trinajstić information content (AvgIpc) is 2.29. The lowest BCUT2D eigenvalue weighted by atomic mass is 9.91. The third kappa shape index (κ3) is 3.99. The number of hydrogen-bond acceptors (Lipinski definition) is 2. The van der Waals surface area contributed by atoms with Gasteiger partial charge in [0.2, 0.25) is 0 Å². The number of halogens is 3. The number of Topliss-reactive ketones (excluding diaryl/α,β-unsaturated/α-hetero) is 1. The van der Waals surface area contributed by atoms with Gasteiger partial charge in [-0.3, -0.25) is 9.59 Å². The highest BCUT2D eigenvalue weighted by Crippen LogP contribution is 2.19. The van der Waals surface area contributed by atoms with Gasteiger partial charge in [-0.1, -0.05) is 32.4 Å². The number of benzene rings is 1. The van der Waals surface area contributed by atoms with Crippen LogP contribution in [0.25, 0.3) is 0 Å². The maximum atomic E-state index is 13.4. The molecule has 0 saturated heterocycles. The van der Waals surface area contributed by atoms with E-state index in [4.69, 9.17) is 11.6 Å². The Morgan fingerprint density at radius 3 is 2.32 bits per heavy atom. The molecule has 1 rings (SSSR count). The van der Waals surface area contributed by atoms with Crippen molar-refractivity contribution < 1.29 is 18.4 Å². The second-order valence-electron chi connectivity index (χ2n) is 5.10. The Morgan fingerprint density at radius 1 is 1.21 bits per heavy atom. The lowest BCUT2D eigenvalue weighted by molar-refractivity contribution is -0.125. The van der Waals surface area contributed by atoms with Gasteiger partial charge in [0.25, 0.3) is 5.91 Å². The van der Waals surface area contributed by atoms with Crippen molar-refractivity contribution >= 4 is 23.3 Å². The molecule has 0 unspecified atom stereocenters. The number of ketones is 1. The molecule has 0 aliphatic heterocycles. The summed E-state index contributed by atoms with van der Waals surface area (Å²) in [5.74, 6) is -2.90. The molecule has 104 valence electrons. The molecule has 0 heterocycles. The van der Waals surface area contributed by atoms with Crippen LogP contribution in [0, 0.1) is 17.0 Å². The van der Waals surface area contributed by atoms with E-state index in [0.29, 0.717) is 6.07 Å². The van der Waals surface area contributed by atoms with Gasteiger partial charge in [0.1, 0.15) is 11.6 Å². The van der Waals surface area contributed by atoms with Gasteiger partial charge < -0.3 is 5.32 Å². The van der Waals surface area contributed by atoms with Gasteiger partial charge in [-0.25, -0.2) is 8.78 Å². The molecule has 0 atom stereocenters. The first-order valence-electron chi connectivity index (χ1n) is 5.59. The van der Waals surface area contributed by atoms with E-state index in [9.17, 15) is 18.4 Å². The number of hydrogen-bond donors (Lipinski definition) is 1. The van der Waals surface area contributed by atoms with Crippen LogP contribution in [0.1, 0.15) is 31.1 Å². The first-order valence-corrected chi connectivity index (χ1v) is 5.96. The predicted octanol–water partition coefficient (Wildman–Crippen LogP) is 2.96. The average molecular weight is 290 g/mol. The van der Waals surface area contributed by atoms with Crippen molar-refractivity contribution in [3.05, 3.63) is 34.4 Å². The summed E-state index contributed by atoms with van der Waals surface area (Å²) in [4.78, 5) is 23.3. The molecule has 6 heteroatoms. The highest BCUT2D eigenvalue weighted by molar-refractivity contribution is 6.30. The van der Waals surface area contributed by atoms with Crippen LogP contribution in [0.3, 0.4) is 0 Å². The number of rotatable bonds is 3. The predicted molar refractivity (Wildman–Crippen MR) is 68.2 cm³/mol. The Bertz CT molecular complexity index is 524. The van der Waals surface area contributed by atoms with Gasteiger partial charge in [0, 0.05) is 5.41 Å². The summed E-state index contributed by atoms with van der Waals surface area (Å²) >= 11 is 5.38. The molecular formula is C13H14ClF2NO2. The smallest absolute Gasteiger partial charge is 0.254 e. The van der Waals surface area contributed by atoms with E-state index in [1.165, 1.54) is 0 Å². The monoisotopic (exact) mass is 289 g/mol. The molecule has 0 bridgehead atoms. The van der Waals surface area contributed by atoms with Crippen LogP contribution in [0.5, 0.6) is 0 Å². The van der Waals surface area contributed by atoms with Crippen molar-refractivity contribution in [2.75, 3.05) is 6.54 Å². The molecule has 0 saturated carbocycles. The summed E-state index contributed by atoms with van der Waals surface area (Å²) in [7, 11) is 0. The number of carbonyl (C=O) groups excluding carboxylic acids is 2. The third-order valence-electron chi connectivity index (χ3n) is 2.50. The molecule has 0 aliphatic carbocycles. The lowest BCUT2D eigenvalue weighted by Crippen LogP contribution is -2.35. The van der Waals surface area contributed by atoms with Gasteiger partial charge in [-0.05, 0) is 12.1 Å². The molecule has 0 spiro atoms. The van der Waals surface area contributed by atoms with Crippen LogP contribution in [0.15, 0.2) is 12.1 Å². The summed E-state index contributed by atoms with van der Waals surface area (Å²) in [6, 6.07) is 1.42. The van der Waals surface area contributed by atoms with Gasteiger partial charge >= 0.3 is 0 Å². The molecule has 0 fully saturated rings. The fourth-order valence-corrected chi connectivity index (χ4v) is 1.37. The molecule has 19 heavy (non-hydrogen) atoms. The summed E-state index contributed by atoms with van der Waals surface area (Å²) in [6.45, 7) is 4.85. The van der Waals surface area contributed by atoms with Gasteiger partial charge in [0.05, 0.1) is 17.1 Å². The Balaban J connectivity index is 2.80. The first-order chi connectivity index (χ1) is 8.62. The zero-order valence-electron chi connectivity index (χ0n) is 10.8. The van der Waals surface area contributed by atoms with Crippen LogP contribution >= 0.6 is 11.6 Å². The molecule has 0 aliphatic rings. The van der Waals surface area contributed by atoms with Crippen molar-refractivity contribution in [3.8, 4) is 0 Å². The molecule has 0 aromatic heterocycles. The Labute approximate surface area is 114 Å². The molecule has 0 radical (unpaired) electrons. The zero-order valence-corrected chi connectivity index (χ0v) is 11.6. The fraction of sp³-hybridized carbons (Fsp3) is 0.385. The van der Waals surface area contributed by atoms with Crippen LogP contribution in [0.2, 0.25) is 5.02 Å². The Hall–Kier alpha value is -1.49. The zero-order chi connectivity index (χ0) is 14.8. The van der Waals surface area contributed by atoms with Crippen LogP contribution in [-0.2, 0) is 4.79 Å². The van der Waals surface area contributed by atoms with Gasteiger partial charge in [-0.2, -0.15) is 0 Å². The van der Waals surface area contributed by atoms with E-state index in [2.05, 4.69) is 5.32 Å². The highest BCUT2D eigenvalue weighted by Gasteiger charge is 2.22. The fourth-order valence-electron chi connectivity index (χ4n) is 1.22. The highest BCUT2D eigenvalue weighted by atomic mass is 35.5. The SMILES string of the molecule is CC(C)(C)C(=O)CNC(=O)c1cc(F)c(Cl)cc1F. The largest absolute Gasteiger partial charge is 0.345 e. The summed E-state index contributed by atoms with van der Waals surface area (Å²) < 4.78 is 26.6. The minimum atomic E-state index is -0.938. The van der Waals surface area contributed by atoms with E-state index in [1.807, 2.05) is 0 Å². The van der Waals surface area contributed by atoms with Crippen LogP contribution < -0.4 is 5.32 Å². The second kappa shape index (κ2) is 5.65. The minimum absolute atomic E-state index is 0.212. The molecular weight excluding hydrogens is 276 g/mol. The maximum absolute atomic E-state index is 13.4. The normalized spacial score (nSPS) is 11.3. The summed E-state index contributed by atoms with van der Waals surface area (Å²) in [6.07, 6.45) is 0. The molecule has 1 aromatic carbocycles.